The van der Waals surface area contributed by atoms with E-state index in [0.717, 1.165) is 16.4 Å². The largest absolute Gasteiger partial charge is 0.573 e. The highest BCUT2D eigenvalue weighted by molar-refractivity contribution is 7.92. The number of nitrogens with one attached hydrogen (secondary N) is 1. The molecule has 7 nitrogen and oxygen atoms in total. The van der Waals surface area contributed by atoms with Crippen molar-refractivity contribution < 1.29 is 35.9 Å². The molecule has 4 rings (SSSR count). The molecule has 1 amide bonds. The molecule has 34 heavy (non-hydrogen) atoms. The predicted octanol–water partition coefficient (Wildman–Crippen LogP) is 4.83. The summed E-state index contributed by atoms with van der Waals surface area (Å²) >= 11 is 6.06. The molecule has 1 N–H and O–H groups in total. The van der Waals surface area contributed by atoms with Gasteiger partial charge in [0.15, 0.2) is 6.10 Å². The zero-order valence-electron chi connectivity index (χ0n) is 17.1. The molecule has 0 aliphatic carbocycles. The van der Waals surface area contributed by atoms with Crippen LogP contribution >= 0.6 is 11.6 Å². The van der Waals surface area contributed by atoms with Crippen LogP contribution in [0.1, 0.15) is 0 Å². The lowest BCUT2D eigenvalue weighted by molar-refractivity contribution is -0.274. The van der Waals surface area contributed by atoms with Crippen LogP contribution in [0.3, 0.4) is 0 Å². The number of hydrogen-bond acceptors (Lipinski definition) is 5. The van der Waals surface area contributed by atoms with Crippen molar-refractivity contribution in [1.82, 2.24) is 0 Å². The number of carbonyl (C=O) groups is 1. The van der Waals surface area contributed by atoms with E-state index in [2.05, 4.69) is 10.1 Å². The van der Waals surface area contributed by atoms with Crippen LogP contribution in [0.25, 0.3) is 0 Å². The van der Waals surface area contributed by atoms with Crippen LogP contribution in [0, 0.1) is 0 Å². The van der Waals surface area contributed by atoms with Gasteiger partial charge in [-0.1, -0.05) is 29.8 Å². The summed E-state index contributed by atoms with van der Waals surface area (Å²) in [6.07, 6.45) is -6.09. The van der Waals surface area contributed by atoms with Gasteiger partial charge in [-0.15, -0.1) is 13.2 Å². The Morgan fingerprint density at radius 3 is 2.38 bits per heavy atom. The molecule has 3 aromatic carbocycles. The normalized spacial score (nSPS) is 15.8. The number of benzene rings is 3. The number of ether oxygens (including phenoxy) is 2. The van der Waals surface area contributed by atoms with Crippen LogP contribution in [-0.4, -0.2) is 33.3 Å². The number of rotatable bonds is 5. The van der Waals surface area contributed by atoms with Crippen molar-refractivity contribution in [2.75, 3.05) is 16.2 Å². The standard InChI is InChI=1S/C22H16ClF3N2O5S/c23-14-6-11-19-18(12-14)28(34(30,31)17-4-2-1-3-5-17)13-20(32-19)21(29)27-15-7-9-16(10-8-15)33-22(24,25)26/h1-12,20H,13H2,(H,27,29). The van der Waals surface area contributed by atoms with Crippen LogP contribution in [0.15, 0.2) is 77.7 Å². The minimum Gasteiger partial charge on any atom is -0.476 e. The monoisotopic (exact) mass is 512 g/mol. The number of alkyl halides is 3. The zero-order chi connectivity index (χ0) is 24.5. The fourth-order valence-corrected chi connectivity index (χ4v) is 4.93. The minimum absolute atomic E-state index is 0.0160. The number of anilines is 2. The van der Waals surface area contributed by atoms with Crippen LogP contribution in [0.2, 0.25) is 5.02 Å². The van der Waals surface area contributed by atoms with E-state index in [-0.39, 0.29) is 33.6 Å². The average Bonchev–Trinajstić information content (AvgIpc) is 2.79. The van der Waals surface area contributed by atoms with Crippen molar-refractivity contribution in [3.05, 3.63) is 77.8 Å². The number of amides is 1. The SMILES string of the molecule is O=C(Nc1ccc(OC(F)(F)F)cc1)C1CN(S(=O)(=O)c2ccccc2)c2cc(Cl)ccc2O1. The van der Waals surface area contributed by atoms with E-state index in [1.165, 1.54) is 42.5 Å². The molecule has 0 spiro atoms. The molecule has 12 heteroatoms. The van der Waals surface area contributed by atoms with Crippen molar-refractivity contribution in [3.8, 4) is 11.5 Å². The molecule has 178 valence electrons. The van der Waals surface area contributed by atoms with Gasteiger partial charge in [-0.2, -0.15) is 0 Å². The number of nitrogens with zero attached hydrogens (tertiary/aromatic N) is 1. The highest BCUT2D eigenvalue weighted by Gasteiger charge is 2.38. The summed E-state index contributed by atoms with van der Waals surface area (Å²) in [4.78, 5) is 12.9. The van der Waals surface area contributed by atoms with Gasteiger partial charge in [0.05, 0.1) is 17.1 Å². The molecule has 1 unspecified atom stereocenters. The fourth-order valence-electron chi connectivity index (χ4n) is 3.27. The topological polar surface area (TPSA) is 84.9 Å². The first kappa shape index (κ1) is 23.7. The first-order chi connectivity index (χ1) is 16.0. The summed E-state index contributed by atoms with van der Waals surface area (Å²) in [5.41, 5.74) is 0.344. The third-order valence-electron chi connectivity index (χ3n) is 4.77. The molecule has 1 aliphatic heterocycles. The Balaban J connectivity index is 1.59. The summed E-state index contributed by atoms with van der Waals surface area (Å²) in [5, 5.41) is 2.78. The second kappa shape index (κ2) is 9.07. The van der Waals surface area contributed by atoms with Gasteiger partial charge < -0.3 is 14.8 Å². The third-order valence-corrected chi connectivity index (χ3v) is 6.80. The second-order valence-corrected chi connectivity index (χ2v) is 9.43. The molecule has 0 saturated carbocycles. The second-order valence-electron chi connectivity index (χ2n) is 7.13. The first-order valence-corrected chi connectivity index (χ1v) is 11.6. The molecule has 0 aromatic heterocycles. The van der Waals surface area contributed by atoms with Crippen LogP contribution < -0.4 is 19.1 Å². The Kier molecular flexibility index (Phi) is 6.32. The molecule has 3 aromatic rings. The Morgan fingerprint density at radius 1 is 1.06 bits per heavy atom. The third kappa shape index (κ3) is 5.20. The van der Waals surface area contributed by atoms with Crippen molar-refractivity contribution in [2.24, 2.45) is 0 Å². The Labute approximate surface area is 197 Å². The quantitative estimate of drug-likeness (QED) is 0.529. The maximum Gasteiger partial charge on any atom is 0.573 e. The lowest BCUT2D eigenvalue weighted by atomic mass is 10.2. The van der Waals surface area contributed by atoms with Gasteiger partial charge in [0.1, 0.15) is 11.5 Å². The van der Waals surface area contributed by atoms with E-state index in [1.54, 1.807) is 18.2 Å². The molecule has 1 atom stereocenters. The highest BCUT2D eigenvalue weighted by atomic mass is 35.5. The Hall–Kier alpha value is -3.44. The molecule has 0 fully saturated rings. The van der Waals surface area contributed by atoms with Gasteiger partial charge in [0, 0.05) is 10.7 Å². The molecule has 1 heterocycles. The van der Waals surface area contributed by atoms with Crippen LogP contribution in [-0.2, 0) is 14.8 Å². The van der Waals surface area contributed by atoms with Crippen LogP contribution in [0.4, 0.5) is 24.5 Å². The molecule has 1 aliphatic rings. The van der Waals surface area contributed by atoms with Gasteiger partial charge in [-0.3, -0.25) is 9.10 Å². The summed E-state index contributed by atoms with van der Waals surface area (Å²) in [6, 6.07) is 16.5. The zero-order valence-corrected chi connectivity index (χ0v) is 18.7. The highest BCUT2D eigenvalue weighted by Crippen LogP contribution is 2.39. The molecular weight excluding hydrogens is 497 g/mol. The number of hydrogen-bond donors (Lipinski definition) is 1. The van der Waals surface area contributed by atoms with Gasteiger partial charge >= 0.3 is 6.36 Å². The number of sulfonamides is 1. The smallest absolute Gasteiger partial charge is 0.476 e. The molecule has 0 bridgehead atoms. The van der Waals surface area contributed by atoms with Crippen LogP contribution in [0.5, 0.6) is 11.5 Å². The van der Waals surface area contributed by atoms with E-state index >= 15 is 0 Å². The van der Waals surface area contributed by atoms with Gasteiger partial charge in [-0.05, 0) is 54.6 Å². The Morgan fingerprint density at radius 2 is 1.74 bits per heavy atom. The maximum absolute atomic E-state index is 13.3. The van der Waals surface area contributed by atoms with Crippen molar-refractivity contribution in [3.63, 3.8) is 0 Å². The lowest BCUT2D eigenvalue weighted by Crippen LogP contribution is -2.48. The minimum atomic E-state index is -4.84. The molecule has 0 saturated heterocycles. The summed E-state index contributed by atoms with van der Waals surface area (Å²) < 4.78 is 74.2. The lowest BCUT2D eigenvalue weighted by Gasteiger charge is -2.34. The number of carbonyl (C=O) groups excluding carboxylic acids is 1. The van der Waals surface area contributed by atoms with Gasteiger partial charge in [-0.25, -0.2) is 8.42 Å². The van der Waals surface area contributed by atoms with Crippen molar-refractivity contribution in [1.29, 1.82) is 0 Å². The van der Waals surface area contributed by atoms with E-state index in [9.17, 15) is 26.4 Å². The van der Waals surface area contributed by atoms with Crippen molar-refractivity contribution >= 4 is 38.9 Å². The van der Waals surface area contributed by atoms with Gasteiger partial charge in [0.2, 0.25) is 0 Å². The fraction of sp³-hybridized carbons (Fsp3) is 0.136. The van der Waals surface area contributed by atoms with E-state index < -0.39 is 34.1 Å². The van der Waals surface area contributed by atoms with Crippen molar-refractivity contribution in [2.45, 2.75) is 17.4 Å². The maximum atomic E-state index is 13.3. The van der Waals surface area contributed by atoms with E-state index in [0.29, 0.717) is 0 Å². The average molecular weight is 513 g/mol. The molecular formula is C22H16ClF3N2O5S. The van der Waals surface area contributed by atoms with E-state index in [4.69, 9.17) is 16.3 Å². The summed E-state index contributed by atoms with van der Waals surface area (Å²) in [6.45, 7) is -0.355. The number of halogens is 4. The van der Waals surface area contributed by atoms with Gasteiger partial charge in [0.25, 0.3) is 15.9 Å². The predicted molar refractivity (Wildman–Crippen MR) is 119 cm³/mol. The molecule has 0 radical (unpaired) electrons. The Bertz CT molecular complexity index is 1300. The first-order valence-electron chi connectivity index (χ1n) is 9.74. The summed E-state index contributed by atoms with van der Waals surface area (Å²) in [5.74, 6) is -1.02. The van der Waals surface area contributed by atoms with E-state index in [1.807, 2.05) is 0 Å². The summed E-state index contributed by atoms with van der Waals surface area (Å²) in [7, 11) is -4.06. The number of fused-ring (bicyclic) bond motifs is 1.